The summed E-state index contributed by atoms with van der Waals surface area (Å²) in [5.41, 5.74) is 4.41. The predicted molar refractivity (Wildman–Crippen MR) is 76.6 cm³/mol. The molecule has 0 saturated carbocycles. The minimum absolute atomic E-state index is 0.838. The molecule has 0 bridgehead atoms. The molecule has 0 radical (unpaired) electrons. The first-order valence-electron chi connectivity index (χ1n) is 6.42. The number of benzene rings is 1. The van der Waals surface area contributed by atoms with Gasteiger partial charge >= 0.3 is 0 Å². The molecule has 3 heteroatoms. The van der Waals surface area contributed by atoms with Gasteiger partial charge in [0.05, 0.1) is 7.11 Å². The van der Waals surface area contributed by atoms with Gasteiger partial charge in [0.25, 0.3) is 0 Å². The molecular formula is C15H20N2O. The van der Waals surface area contributed by atoms with Crippen LogP contribution in [0.4, 0.5) is 5.69 Å². The van der Waals surface area contributed by atoms with E-state index in [4.69, 9.17) is 9.72 Å². The minimum atomic E-state index is 0.838. The van der Waals surface area contributed by atoms with E-state index in [1.807, 2.05) is 6.07 Å². The van der Waals surface area contributed by atoms with E-state index in [2.05, 4.69) is 38.2 Å². The second-order valence-electron chi connectivity index (χ2n) is 4.35. The summed E-state index contributed by atoms with van der Waals surface area (Å²) in [6.45, 7) is 7.23. The Hall–Kier alpha value is -1.77. The highest BCUT2D eigenvalue weighted by Crippen LogP contribution is 2.32. The van der Waals surface area contributed by atoms with Gasteiger partial charge in [-0.1, -0.05) is 13.0 Å². The van der Waals surface area contributed by atoms with Crippen molar-refractivity contribution in [3.63, 3.8) is 0 Å². The third-order valence-corrected chi connectivity index (χ3v) is 3.13. The Kier molecular flexibility index (Phi) is 3.70. The highest BCUT2D eigenvalue weighted by atomic mass is 16.5. The molecular weight excluding hydrogens is 224 g/mol. The van der Waals surface area contributed by atoms with Crippen LogP contribution in [0.3, 0.4) is 0 Å². The maximum Gasteiger partial charge on any atom is 0.145 e. The molecule has 0 amide bonds. The summed E-state index contributed by atoms with van der Waals surface area (Å²) in [7, 11) is 1.69. The molecule has 0 spiro atoms. The molecule has 0 aliphatic rings. The van der Waals surface area contributed by atoms with Gasteiger partial charge in [-0.05, 0) is 38.0 Å². The number of fused-ring (bicyclic) bond motifs is 1. The largest absolute Gasteiger partial charge is 0.494 e. The first-order valence-corrected chi connectivity index (χ1v) is 6.42. The quantitative estimate of drug-likeness (QED) is 0.893. The number of anilines is 1. The van der Waals surface area contributed by atoms with E-state index in [9.17, 15) is 0 Å². The SMILES string of the molecule is CCNc1cc(CC)nc2c(OC)ccc(C)c12. The molecule has 1 aromatic heterocycles. The Bertz CT molecular complexity index is 564. The Labute approximate surface area is 108 Å². The summed E-state index contributed by atoms with van der Waals surface area (Å²) in [6.07, 6.45) is 0.922. The van der Waals surface area contributed by atoms with Crippen molar-refractivity contribution in [1.82, 2.24) is 4.98 Å². The van der Waals surface area contributed by atoms with Crippen molar-refractivity contribution in [3.8, 4) is 5.75 Å². The lowest BCUT2D eigenvalue weighted by atomic mass is 10.1. The fourth-order valence-electron chi connectivity index (χ4n) is 2.21. The third kappa shape index (κ3) is 2.13. The second-order valence-corrected chi connectivity index (χ2v) is 4.35. The van der Waals surface area contributed by atoms with Crippen LogP contribution in [0.25, 0.3) is 10.9 Å². The van der Waals surface area contributed by atoms with Crippen LogP contribution in [0.15, 0.2) is 18.2 Å². The van der Waals surface area contributed by atoms with Crippen molar-refractivity contribution in [2.45, 2.75) is 27.2 Å². The highest BCUT2D eigenvalue weighted by molar-refractivity contribution is 5.97. The normalized spacial score (nSPS) is 10.7. The van der Waals surface area contributed by atoms with Crippen molar-refractivity contribution in [2.24, 2.45) is 0 Å². The van der Waals surface area contributed by atoms with E-state index in [-0.39, 0.29) is 0 Å². The van der Waals surface area contributed by atoms with Gasteiger partial charge in [0.1, 0.15) is 11.3 Å². The smallest absolute Gasteiger partial charge is 0.145 e. The van der Waals surface area contributed by atoms with Gasteiger partial charge in [-0.15, -0.1) is 0 Å². The van der Waals surface area contributed by atoms with Crippen molar-refractivity contribution in [2.75, 3.05) is 19.0 Å². The Morgan fingerprint density at radius 1 is 1.28 bits per heavy atom. The number of nitrogens with zero attached hydrogens (tertiary/aromatic N) is 1. The average Bonchev–Trinajstić information content (AvgIpc) is 2.39. The van der Waals surface area contributed by atoms with Crippen molar-refractivity contribution < 1.29 is 4.74 Å². The lowest BCUT2D eigenvalue weighted by Gasteiger charge is -2.14. The summed E-state index contributed by atoms with van der Waals surface area (Å²) in [4.78, 5) is 4.70. The molecule has 0 saturated heterocycles. The monoisotopic (exact) mass is 244 g/mol. The number of ether oxygens (including phenoxy) is 1. The zero-order valence-electron chi connectivity index (χ0n) is 11.5. The summed E-state index contributed by atoms with van der Waals surface area (Å²) >= 11 is 0. The van der Waals surface area contributed by atoms with Crippen LogP contribution >= 0.6 is 0 Å². The zero-order valence-corrected chi connectivity index (χ0v) is 11.5. The van der Waals surface area contributed by atoms with Crippen LogP contribution in [0.5, 0.6) is 5.75 Å². The molecule has 96 valence electrons. The predicted octanol–water partition coefficient (Wildman–Crippen LogP) is 3.55. The molecule has 0 aliphatic heterocycles. The summed E-state index contributed by atoms with van der Waals surface area (Å²) in [5.74, 6) is 0.838. The number of aromatic nitrogens is 1. The Morgan fingerprint density at radius 3 is 2.67 bits per heavy atom. The lowest BCUT2D eigenvalue weighted by molar-refractivity contribution is 0.418. The first kappa shape index (κ1) is 12.7. The van der Waals surface area contributed by atoms with Gasteiger partial charge in [-0.2, -0.15) is 0 Å². The molecule has 18 heavy (non-hydrogen) atoms. The molecule has 0 unspecified atom stereocenters. The number of hydrogen-bond acceptors (Lipinski definition) is 3. The minimum Gasteiger partial charge on any atom is -0.494 e. The van der Waals surface area contributed by atoms with Crippen LogP contribution in [0, 0.1) is 6.92 Å². The first-order chi connectivity index (χ1) is 8.71. The number of nitrogens with one attached hydrogen (secondary N) is 1. The van der Waals surface area contributed by atoms with Crippen LogP contribution in [0.1, 0.15) is 25.1 Å². The average molecular weight is 244 g/mol. The van der Waals surface area contributed by atoms with Gasteiger partial charge in [0.2, 0.25) is 0 Å². The summed E-state index contributed by atoms with van der Waals surface area (Å²) < 4.78 is 5.42. The van der Waals surface area contributed by atoms with Crippen molar-refractivity contribution in [3.05, 3.63) is 29.5 Å². The van der Waals surface area contributed by atoms with Crippen molar-refractivity contribution in [1.29, 1.82) is 0 Å². The topological polar surface area (TPSA) is 34.2 Å². The number of pyridine rings is 1. The van der Waals surface area contributed by atoms with Gasteiger partial charge in [-0.25, -0.2) is 4.98 Å². The van der Waals surface area contributed by atoms with Gasteiger partial charge in [0, 0.05) is 23.3 Å². The van der Waals surface area contributed by atoms with E-state index >= 15 is 0 Å². The molecule has 2 aromatic rings. The lowest BCUT2D eigenvalue weighted by Crippen LogP contribution is -2.02. The van der Waals surface area contributed by atoms with E-state index in [1.54, 1.807) is 7.11 Å². The highest BCUT2D eigenvalue weighted by Gasteiger charge is 2.11. The molecule has 0 aliphatic carbocycles. The van der Waals surface area contributed by atoms with Crippen LogP contribution in [-0.2, 0) is 6.42 Å². The maximum absolute atomic E-state index is 5.42. The van der Waals surface area contributed by atoms with Crippen LogP contribution < -0.4 is 10.1 Å². The van der Waals surface area contributed by atoms with E-state index < -0.39 is 0 Å². The number of hydrogen-bond donors (Lipinski definition) is 1. The van der Waals surface area contributed by atoms with E-state index in [0.29, 0.717) is 0 Å². The van der Waals surface area contributed by atoms with Gasteiger partial charge < -0.3 is 10.1 Å². The fraction of sp³-hybridized carbons (Fsp3) is 0.400. The molecule has 0 atom stereocenters. The molecule has 1 aromatic carbocycles. The molecule has 1 N–H and O–H groups in total. The standard InChI is InChI=1S/C15H20N2O/c1-5-11-9-12(16-6-2)14-10(3)7-8-13(18-4)15(14)17-11/h7-9H,5-6H2,1-4H3,(H,16,17). The maximum atomic E-state index is 5.42. The second kappa shape index (κ2) is 5.25. The summed E-state index contributed by atoms with van der Waals surface area (Å²) in [5, 5.41) is 4.58. The number of aryl methyl sites for hydroxylation is 2. The van der Waals surface area contributed by atoms with Gasteiger partial charge in [-0.3, -0.25) is 0 Å². The van der Waals surface area contributed by atoms with Crippen LogP contribution in [0.2, 0.25) is 0 Å². The van der Waals surface area contributed by atoms with E-state index in [1.165, 1.54) is 5.56 Å². The summed E-state index contributed by atoms with van der Waals surface area (Å²) in [6, 6.07) is 6.20. The van der Waals surface area contributed by atoms with Crippen LogP contribution in [-0.4, -0.2) is 18.6 Å². The Morgan fingerprint density at radius 2 is 2.06 bits per heavy atom. The zero-order chi connectivity index (χ0) is 13.1. The molecule has 1 heterocycles. The molecule has 0 fully saturated rings. The number of rotatable bonds is 4. The number of methoxy groups -OCH3 is 1. The molecule has 2 rings (SSSR count). The fourth-order valence-corrected chi connectivity index (χ4v) is 2.21. The molecule has 3 nitrogen and oxygen atoms in total. The van der Waals surface area contributed by atoms with Crippen molar-refractivity contribution >= 4 is 16.6 Å². The Balaban J connectivity index is 2.80. The third-order valence-electron chi connectivity index (χ3n) is 3.13. The van der Waals surface area contributed by atoms with Gasteiger partial charge in [0.15, 0.2) is 0 Å². The van der Waals surface area contributed by atoms with E-state index in [0.717, 1.165) is 41.0 Å².